The van der Waals surface area contributed by atoms with Crippen LogP contribution in [0.1, 0.15) is 68.2 Å². The van der Waals surface area contributed by atoms with Crippen molar-refractivity contribution in [3.63, 3.8) is 0 Å². The number of esters is 1. The second-order valence-electron chi connectivity index (χ2n) is 8.76. The van der Waals surface area contributed by atoms with Crippen LogP contribution >= 0.6 is 27.3 Å². The first-order valence-corrected chi connectivity index (χ1v) is 13.0. The number of amides is 1. The summed E-state index contributed by atoms with van der Waals surface area (Å²) in [7, 11) is 1.27. The van der Waals surface area contributed by atoms with E-state index in [2.05, 4.69) is 31.7 Å². The number of nitrogens with one attached hydrogen (secondary N) is 2. The molecule has 0 fully saturated rings. The molecule has 1 aliphatic heterocycles. The summed E-state index contributed by atoms with van der Waals surface area (Å²) >= 11 is 4.64. The first-order chi connectivity index (χ1) is 17.2. The summed E-state index contributed by atoms with van der Waals surface area (Å²) in [6.45, 7) is 0. The maximum Gasteiger partial charge on any atom is 0.410 e. The molecule has 7 nitrogen and oxygen atoms in total. The predicted octanol–water partition coefficient (Wildman–Crippen LogP) is 6.29. The molecule has 2 aliphatic rings. The minimum absolute atomic E-state index is 0.0975. The van der Waals surface area contributed by atoms with Crippen molar-refractivity contribution in [2.45, 2.75) is 50.4 Å². The summed E-state index contributed by atoms with van der Waals surface area (Å²) in [6, 6.07) is 5.84. The Balaban J connectivity index is 1.46. The van der Waals surface area contributed by atoms with Crippen molar-refractivity contribution < 1.29 is 27.5 Å². The average Bonchev–Trinajstić information content (AvgIpc) is 3.44. The molecule has 3 heterocycles. The number of alkyl halides is 3. The Bertz CT molecular complexity index is 1320. The summed E-state index contributed by atoms with van der Waals surface area (Å²) in [5, 5.41) is 10.1. The number of benzene rings is 1. The van der Waals surface area contributed by atoms with Crippen molar-refractivity contribution in [2.24, 2.45) is 0 Å². The van der Waals surface area contributed by atoms with Crippen LogP contribution < -0.4 is 10.6 Å². The van der Waals surface area contributed by atoms with E-state index in [1.54, 1.807) is 24.3 Å². The number of anilines is 2. The molecule has 2 aromatic heterocycles. The highest BCUT2D eigenvalue weighted by atomic mass is 79.9. The van der Waals surface area contributed by atoms with E-state index < -0.39 is 30.1 Å². The molecule has 0 radical (unpaired) electrons. The van der Waals surface area contributed by atoms with Crippen LogP contribution in [0.3, 0.4) is 0 Å². The number of rotatable bonds is 4. The highest BCUT2D eigenvalue weighted by Gasteiger charge is 2.47. The monoisotopic (exact) mass is 582 g/mol. The Hall–Kier alpha value is -2.86. The molecule has 2 N–H and O–H groups in total. The van der Waals surface area contributed by atoms with Gasteiger partial charge in [0.25, 0.3) is 5.91 Å². The van der Waals surface area contributed by atoms with E-state index in [0.717, 1.165) is 38.9 Å². The van der Waals surface area contributed by atoms with Crippen molar-refractivity contribution >= 4 is 50.0 Å². The number of aromatic nitrogens is 2. The third-order valence-electron chi connectivity index (χ3n) is 6.48. The Kier molecular flexibility index (Phi) is 6.58. The molecule has 0 spiro atoms. The van der Waals surface area contributed by atoms with Gasteiger partial charge >= 0.3 is 12.1 Å². The molecular formula is C24H22BrF3N4O3S. The molecule has 190 valence electrons. The predicted molar refractivity (Wildman–Crippen MR) is 133 cm³/mol. The number of carbonyl (C=O) groups excluding carboxylic acids is 2. The SMILES string of the molecule is COC(=O)c1c(NC(=O)c2cc3n(n2)C(C(F)(F)F)CC(c2ccc(Br)cc2)N3)sc2c1CCCC2. The molecule has 0 saturated carbocycles. The maximum atomic E-state index is 14.0. The Morgan fingerprint density at radius 2 is 1.94 bits per heavy atom. The fraction of sp³-hybridized carbons (Fsp3) is 0.375. The molecule has 0 bridgehead atoms. The van der Waals surface area contributed by atoms with Crippen LogP contribution in [0.25, 0.3) is 0 Å². The second kappa shape index (κ2) is 9.55. The minimum Gasteiger partial charge on any atom is -0.465 e. The lowest BCUT2D eigenvalue weighted by Crippen LogP contribution is -2.35. The number of carbonyl (C=O) groups is 2. The lowest BCUT2D eigenvalue weighted by molar-refractivity contribution is -0.173. The fourth-order valence-corrected chi connectivity index (χ4v) is 6.27. The summed E-state index contributed by atoms with van der Waals surface area (Å²) in [5.41, 5.74) is 1.70. The van der Waals surface area contributed by atoms with Crippen LogP contribution in [-0.2, 0) is 17.6 Å². The lowest BCUT2D eigenvalue weighted by atomic mass is 9.95. The number of nitrogens with zero attached hydrogens (tertiary/aromatic N) is 2. The number of hydrogen-bond acceptors (Lipinski definition) is 6. The second-order valence-corrected chi connectivity index (χ2v) is 10.8. The van der Waals surface area contributed by atoms with Crippen LogP contribution in [0.2, 0.25) is 0 Å². The van der Waals surface area contributed by atoms with E-state index in [1.165, 1.54) is 24.5 Å². The summed E-state index contributed by atoms with van der Waals surface area (Å²) in [4.78, 5) is 26.6. The van der Waals surface area contributed by atoms with Gasteiger partial charge in [-0.05, 0) is 48.9 Å². The third-order valence-corrected chi connectivity index (χ3v) is 8.22. The van der Waals surface area contributed by atoms with Crippen molar-refractivity contribution in [3.05, 3.63) is 62.1 Å². The summed E-state index contributed by atoms with van der Waals surface area (Å²) < 4.78 is 48.6. The van der Waals surface area contributed by atoms with Gasteiger partial charge in [-0.3, -0.25) is 4.79 Å². The fourth-order valence-electron chi connectivity index (χ4n) is 4.74. The molecule has 12 heteroatoms. The van der Waals surface area contributed by atoms with Gasteiger partial charge in [0.15, 0.2) is 11.7 Å². The number of hydrogen-bond donors (Lipinski definition) is 2. The van der Waals surface area contributed by atoms with E-state index in [4.69, 9.17) is 4.74 Å². The lowest BCUT2D eigenvalue weighted by Gasteiger charge is -2.33. The van der Waals surface area contributed by atoms with Gasteiger partial charge in [-0.1, -0.05) is 28.1 Å². The van der Waals surface area contributed by atoms with Gasteiger partial charge in [0, 0.05) is 21.8 Å². The van der Waals surface area contributed by atoms with E-state index in [0.29, 0.717) is 22.5 Å². The zero-order chi connectivity index (χ0) is 25.6. The normalized spacial score (nSPS) is 19.1. The van der Waals surface area contributed by atoms with E-state index in [9.17, 15) is 22.8 Å². The number of fused-ring (bicyclic) bond motifs is 2. The average molecular weight is 583 g/mol. The topological polar surface area (TPSA) is 85.2 Å². The molecule has 2 atom stereocenters. The Labute approximate surface area is 217 Å². The smallest absolute Gasteiger partial charge is 0.410 e. The summed E-state index contributed by atoms with van der Waals surface area (Å²) in [5.74, 6) is -1.14. The van der Waals surface area contributed by atoms with E-state index in [1.807, 2.05) is 0 Å². The van der Waals surface area contributed by atoms with Gasteiger partial charge < -0.3 is 15.4 Å². The minimum atomic E-state index is -4.56. The van der Waals surface area contributed by atoms with Crippen LogP contribution in [0.5, 0.6) is 0 Å². The number of aryl methyl sites for hydroxylation is 1. The molecule has 2 unspecified atom stereocenters. The number of halogens is 4. The molecular weight excluding hydrogens is 561 g/mol. The van der Waals surface area contributed by atoms with Gasteiger partial charge in [-0.15, -0.1) is 11.3 Å². The highest BCUT2D eigenvalue weighted by molar-refractivity contribution is 9.10. The number of methoxy groups -OCH3 is 1. The number of thiophene rings is 1. The number of ether oxygens (including phenoxy) is 1. The standard InChI is InChI=1S/C24H22BrF3N4O3S/c1-35-23(34)20-14-4-2-3-5-17(14)36-22(20)30-21(33)16-11-19-29-15(12-6-8-13(25)9-7-12)10-18(24(26,27)28)32(19)31-16/h6-9,11,15,18,29H,2-5,10H2,1H3,(H,30,33). The van der Waals surface area contributed by atoms with Crippen molar-refractivity contribution in [1.29, 1.82) is 0 Å². The van der Waals surface area contributed by atoms with Gasteiger partial charge in [0.05, 0.1) is 18.7 Å². The first kappa shape index (κ1) is 24.8. The summed E-state index contributed by atoms with van der Waals surface area (Å²) in [6.07, 6.45) is -1.41. The zero-order valence-corrected chi connectivity index (χ0v) is 21.5. The highest BCUT2D eigenvalue weighted by Crippen LogP contribution is 2.44. The quantitative estimate of drug-likeness (QED) is 0.353. The molecule has 36 heavy (non-hydrogen) atoms. The molecule has 1 aromatic carbocycles. The van der Waals surface area contributed by atoms with E-state index >= 15 is 0 Å². The molecule has 0 saturated heterocycles. The largest absolute Gasteiger partial charge is 0.465 e. The van der Waals surface area contributed by atoms with Crippen LogP contribution in [0.15, 0.2) is 34.8 Å². The molecule has 3 aromatic rings. The Morgan fingerprint density at radius 3 is 2.64 bits per heavy atom. The van der Waals surface area contributed by atoms with Gasteiger partial charge in [-0.25, -0.2) is 9.48 Å². The molecule has 1 aliphatic carbocycles. The van der Waals surface area contributed by atoms with Crippen molar-refractivity contribution in [2.75, 3.05) is 17.7 Å². The van der Waals surface area contributed by atoms with Crippen molar-refractivity contribution in [1.82, 2.24) is 9.78 Å². The van der Waals surface area contributed by atoms with Crippen LogP contribution in [0, 0.1) is 0 Å². The van der Waals surface area contributed by atoms with Crippen LogP contribution in [0.4, 0.5) is 24.0 Å². The van der Waals surface area contributed by atoms with E-state index in [-0.39, 0.29) is 17.9 Å². The molecule has 1 amide bonds. The van der Waals surface area contributed by atoms with Gasteiger partial charge in [-0.2, -0.15) is 18.3 Å². The zero-order valence-electron chi connectivity index (χ0n) is 19.1. The Morgan fingerprint density at radius 1 is 1.22 bits per heavy atom. The van der Waals surface area contributed by atoms with Gasteiger partial charge in [0.2, 0.25) is 0 Å². The van der Waals surface area contributed by atoms with Crippen LogP contribution in [-0.4, -0.2) is 34.9 Å². The van der Waals surface area contributed by atoms with Gasteiger partial charge in [0.1, 0.15) is 10.8 Å². The first-order valence-electron chi connectivity index (χ1n) is 11.4. The maximum absolute atomic E-state index is 14.0. The molecule has 5 rings (SSSR count). The third kappa shape index (κ3) is 4.63. The van der Waals surface area contributed by atoms with Crippen molar-refractivity contribution in [3.8, 4) is 0 Å².